The molecule has 1 nitrogen and oxygen atoms in total. The minimum absolute atomic E-state index is 0.111. The Morgan fingerprint density at radius 3 is 2.40 bits per heavy atom. The lowest BCUT2D eigenvalue weighted by Crippen LogP contribution is -2.28. The highest BCUT2D eigenvalue weighted by molar-refractivity contribution is 6.27. The van der Waals surface area contributed by atoms with E-state index in [0.29, 0.717) is 0 Å². The van der Waals surface area contributed by atoms with E-state index in [1.165, 1.54) is 12.1 Å². The highest BCUT2D eigenvalue weighted by Gasteiger charge is 2.17. The fourth-order valence-corrected chi connectivity index (χ4v) is 2.38. The van der Waals surface area contributed by atoms with Crippen molar-refractivity contribution in [2.75, 3.05) is 0 Å². The maximum absolute atomic E-state index is 12.7. The largest absolute Gasteiger partial charge is 0.419 e. The lowest BCUT2D eigenvalue weighted by molar-refractivity contribution is 0.116. The van der Waals surface area contributed by atoms with Crippen LogP contribution in [0, 0.1) is 5.82 Å². The molecule has 0 fully saturated rings. The third-order valence-electron chi connectivity index (χ3n) is 2.24. The Balaban J connectivity index is 2.56. The van der Waals surface area contributed by atoms with Crippen LogP contribution in [0.5, 0.6) is 0 Å². The van der Waals surface area contributed by atoms with Gasteiger partial charge in [-0.25, -0.2) is 4.39 Å². The van der Waals surface area contributed by atoms with E-state index in [9.17, 15) is 4.39 Å². The topological polar surface area (TPSA) is 9.23 Å². The van der Waals surface area contributed by atoms with Gasteiger partial charge in [0.15, 0.2) is 9.76 Å². The Morgan fingerprint density at radius 1 is 1.27 bits per heavy atom. The van der Waals surface area contributed by atoms with Crippen LogP contribution in [0.4, 0.5) is 4.39 Å². The normalized spacial score (nSPS) is 12.5. The van der Waals surface area contributed by atoms with Crippen LogP contribution in [0.3, 0.4) is 0 Å². The smallest absolute Gasteiger partial charge is 0.162 e. The molecule has 3 heteroatoms. The molecule has 0 spiro atoms. The summed E-state index contributed by atoms with van der Waals surface area (Å²) in [7, 11) is -0.380. The van der Waals surface area contributed by atoms with Gasteiger partial charge < -0.3 is 4.43 Å². The molecule has 15 heavy (non-hydrogen) atoms. The van der Waals surface area contributed by atoms with E-state index < -0.39 is 0 Å². The maximum atomic E-state index is 12.7. The second kappa shape index (κ2) is 5.42. The van der Waals surface area contributed by atoms with Crippen LogP contribution in [0.2, 0.25) is 6.04 Å². The predicted molar refractivity (Wildman–Crippen MR) is 64.3 cm³/mol. The molecule has 0 amide bonds. The van der Waals surface area contributed by atoms with E-state index >= 15 is 0 Å². The number of hydrogen-bond donors (Lipinski definition) is 0. The summed E-state index contributed by atoms with van der Waals surface area (Å²) >= 11 is 0. The molecule has 84 valence electrons. The van der Waals surface area contributed by atoms with Gasteiger partial charge in [-0.2, -0.15) is 0 Å². The van der Waals surface area contributed by atoms with Crippen molar-refractivity contribution in [3.05, 3.63) is 35.6 Å². The van der Waals surface area contributed by atoms with Crippen molar-refractivity contribution < 1.29 is 8.82 Å². The first-order valence-corrected chi connectivity index (χ1v) is 6.99. The summed E-state index contributed by atoms with van der Waals surface area (Å²) < 4.78 is 18.6. The fourth-order valence-electron chi connectivity index (χ4n) is 1.52. The molecule has 0 bridgehead atoms. The summed E-state index contributed by atoms with van der Waals surface area (Å²) in [6.45, 7) is 6.35. The second-order valence-electron chi connectivity index (χ2n) is 4.41. The Morgan fingerprint density at radius 2 is 1.87 bits per heavy atom. The van der Waals surface area contributed by atoms with E-state index in [4.69, 9.17) is 4.43 Å². The molecule has 0 atom stereocenters. The molecule has 0 radical (unpaired) electrons. The molecule has 0 unspecified atom stereocenters. The van der Waals surface area contributed by atoms with Crippen LogP contribution in [0.25, 0.3) is 0 Å². The second-order valence-corrected chi connectivity index (χ2v) is 6.11. The zero-order valence-corrected chi connectivity index (χ0v) is 11.1. The summed E-state index contributed by atoms with van der Waals surface area (Å²) in [5.74, 6) is -0.180. The molecule has 0 heterocycles. The summed E-state index contributed by atoms with van der Waals surface area (Å²) in [4.78, 5) is 0. The van der Waals surface area contributed by atoms with Crippen molar-refractivity contribution in [2.24, 2.45) is 0 Å². The molecule has 1 rings (SSSR count). The van der Waals surface area contributed by atoms with Gasteiger partial charge in [0.2, 0.25) is 0 Å². The van der Waals surface area contributed by atoms with E-state index in [1.807, 2.05) is 12.1 Å². The van der Waals surface area contributed by atoms with Crippen molar-refractivity contribution in [1.82, 2.24) is 0 Å². The fraction of sp³-hybridized carbons (Fsp3) is 0.500. The van der Waals surface area contributed by atoms with Gasteiger partial charge in [-0.05, 0) is 44.0 Å². The molecule has 0 N–H and O–H groups in total. The van der Waals surface area contributed by atoms with Gasteiger partial charge in [-0.15, -0.1) is 0 Å². The van der Waals surface area contributed by atoms with Gasteiger partial charge in [-0.3, -0.25) is 0 Å². The van der Waals surface area contributed by atoms with Gasteiger partial charge in [-0.1, -0.05) is 19.1 Å². The first kappa shape index (κ1) is 12.4. The van der Waals surface area contributed by atoms with Crippen molar-refractivity contribution >= 4 is 9.76 Å². The first-order chi connectivity index (χ1) is 7.03. The predicted octanol–water partition coefficient (Wildman–Crippen LogP) is 2.69. The first-order valence-electron chi connectivity index (χ1n) is 5.42. The summed E-state index contributed by atoms with van der Waals surface area (Å²) in [5.41, 5.74) is 1.02. The molecule has 1 aromatic rings. The average Bonchev–Trinajstić information content (AvgIpc) is 2.18. The van der Waals surface area contributed by atoms with Crippen LogP contribution in [-0.4, -0.2) is 15.4 Å². The molecule has 0 saturated carbocycles. The SMILES string of the molecule is CC[SiH2]OC(C)(C)Cc1ccc(F)cc1. The van der Waals surface area contributed by atoms with Crippen LogP contribution < -0.4 is 0 Å². The Hall–Kier alpha value is -0.673. The number of hydrogen-bond acceptors (Lipinski definition) is 1. The van der Waals surface area contributed by atoms with Crippen LogP contribution >= 0.6 is 0 Å². The van der Waals surface area contributed by atoms with Gasteiger partial charge in [0.1, 0.15) is 5.82 Å². The van der Waals surface area contributed by atoms with Crippen molar-refractivity contribution in [1.29, 1.82) is 0 Å². The van der Waals surface area contributed by atoms with Crippen molar-refractivity contribution in [2.45, 2.75) is 38.8 Å². The summed E-state index contributed by atoms with van der Waals surface area (Å²) in [6, 6.07) is 7.82. The summed E-state index contributed by atoms with van der Waals surface area (Å²) in [5, 5.41) is 0. The third kappa shape index (κ3) is 4.58. The number of rotatable bonds is 5. The van der Waals surface area contributed by atoms with Gasteiger partial charge in [0, 0.05) is 0 Å². The molecule has 0 aliphatic heterocycles. The minimum atomic E-state index is -0.380. The van der Waals surface area contributed by atoms with Crippen LogP contribution in [0.15, 0.2) is 24.3 Å². The van der Waals surface area contributed by atoms with Crippen molar-refractivity contribution in [3.63, 3.8) is 0 Å². The molecule has 0 aromatic heterocycles. The Bertz CT molecular complexity index is 295. The molecule has 0 aliphatic rings. The standard InChI is InChI=1S/C12H19FOSi/c1-4-15-14-12(2,3)9-10-5-7-11(13)8-6-10/h5-8H,4,9,15H2,1-3H3. The minimum Gasteiger partial charge on any atom is -0.419 e. The Labute approximate surface area is 93.6 Å². The van der Waals surface area contributed by atoms with E-state index in [-0.39, 0.29) is 21.2 Å². The highest BCUT2D eigenvalue weighted by atomic mass is 28.2. The van der Waals surface area contributed by atoms with Crippen LogP contribution in [-0.2, 0) is 10.8 Å². The van der Waals surface area contributed by atoms with Gasteiger partial charge >= 0.3 is 0 Å². The molecular weight excluding hydrogens is 207 g/mol. The number of benzene rings is 1. The maximum Gasteiger partial charge on any atom is 0.162 e. The van der Waals surface area contributed by atoms with E-state index in [1.54, 1.807) is 0 Å². The average molecular weight is 226 g/mol. The molecular formula is C12H19FOSi. The quantitative estimate of drug-likeness (QED) is 0.701. The summed E-state index contributed by atoms with van der Waals surface area (Å²) in [6.07, 6.45) is 0.848. The van der Waals surface area contributed by atoms with Crippen molar-refractivity contribution in [3.8, 4) is 0 Å². The Kier molecular flexibility index (Phi) is 4.48. The zero-order valence-electron chi connectivity index (χ0n) is 9.72. The lowest BCUT2D eigenvalue weighted by atomic mass is 9.99. The van der Waals surface area contributed by atoms with Gasteiger partial charge in [0.25, 0.3) is 0 Å². The molecule has 0 saturated heterocycles. The number of halogens is 1. The zero-order chi connectivity index (χ0) is 11.3. The molecule has 1 aromatic carbocycles. The third-order valence-corrected chi connectivity index (χ3v) is 3.63. The van der Waals surface area contributed by atoms with Crippen LogP contribution in [0.1, 0.15) is 26.3 Å². The van der Waals surface area contributed by atoms with E-state index in [2.05, 4.69) is 20.8 Å². The lowest BCUT2D eigenvalue weighted by Gasteiger charge is -2.25. The van der Waals surface area contributed by atoms with Gasteiger partial charge in [0.05, 0.1) is 5.60 Å². The molecule has 0 aliphatic carbocycles. The highest BCUT2D eigenvalue weighted by Crippen LogP contribution is 2.17. The van der Waals surface area contributed by atoms with E-state index in [0.717, 1.165) is 18.0 Å². The monoisotopic (exact) mass is 226 g/mol.